The molecule has 0 radical (unpaired) electrons. The average molecular weight is 418 g/mol. The fourth-order valence-corrected chi connectivity index (χ4v) is 3.25. The van der Waals surface area contributed by atoms with E-state index in [1.165, 1.54) is 9.08 Å². The molecule has 4 rings (SSSR count). The number of hydrogen-bond donors (Lipinski definition) is 1. The van der Waals surface area contributed by atoms with E-state index in [1.807, 2.05) is 43.3 Å². The number of hydrogen-bond acceptors (Lipinski definition) is 5. The molecule has 0 fully saturated rings. The first kappa shape index (κ1) is 20.2. The van der Waals surface area contributed by atoms with Gasteiger partial charge in [0, 0.05) is 18.0 Å². The highest BCUT2D eigenvalue weighted by Gasteiger charge is 2.13. The topological polar surface area (TPSA) is 86.9 Å². The minimum absolute atomic E-state index is 0.126. The molecule has 31 heavy (non-hydrogen) atoms. The van der Waals surface area contributed by atoms with Crippen LogP contribution in [-0.4, -0.2) is 33.8 Å². The number of methoxy groups -OCH3 is 1. The molecule has 0 bridgehead atoms. The Morgan fingerprint density at radius 2 is 1.87 bits per heavy atom. The summed E-state index contributed by atoms with van der Waals surface area (Å²) in [5.74, 6) is 1.00. The molecule has 0 aliphatic heterocycles. The summed E-state index contributed by atoms with van der Waals surface area (Å²) >= 11 is 0. The second-order valence-corrected chi connectivity index (χ2v) is 6.80. The zero-order chi connectivity index (χ0) is 21.8. The molecule has 0 aliphatic rings. The number of nitrogens with zero attached hydrogens (tertiary/aromatic N) is 3. The standard InChI is InChI=1S/C23H22N4O4/c1-3-31-21-7-5-4-6-18(21)24-22(28)15-26-12-13-27-20(23(26)29)14-19(25-27)16-8-10-17(30-2)11-9-16/h4-14H,3,15H2,1-2H3,(H,24,28). The minimum Gasteiger partial charge on any atom is -0.497 e. The van der Waals surface area contributed by atoms with Crippen molar-refractivity contribution in [3.8, 4) is 22.8 Å². The Morgan fingerprint density at radius 3 is 2.61 bits per heavy atom. The van der Waals surface area contributed by atoms with Crippen molar-refractivity contribution in [1.82, 2.24) is 14.2 Å². The molecule has 2 aromatic carbocycles. The van der Waals surface area contributed by atoms with Crippen LogP contribution in [0.25, 0.3) is 16.8 Å². The molecule has 158 valence electrons. The van der Waals surface area contributed by atoms with E-state index in [2.05, 4.69) is 10.4 Å². The normalized spacial score (nSPS) is 10.8. The van der Waals surface area contributed by atoms with Gasteiger partial charge in [-0.05, 0) is 49.4 Å². The SMILES string of the molecule is CCOc1ccccc1NC(=O)Cn1ccn2nc(-c3ccc(OC)cc3)cc2c1=O. The second kappa shape index (κ2) is 8.74. The summed E-state index contributed by atoms with van der Waals surface area (Å²) in [5, 5.41) is 7.27. The van der Waals surface area contributed by atoms with Crippen molar-refractivity contribution in [3.05, 3.63) is 77.3 Å². The number of benzene rings is 2. The van der Waals surface area contributed by atoms with Crippen LogP contribution < -0.4 is 20.3 Å². The minimum atomic E-state index is -0.325. The van der Waals surface area contributed by atoms with Crippen LogP contribution in [0.1, 0.15) is 6.92 Å². The van der Waals surface area contributed by atoms with Crippen LogP contribution in [0.15, 0.2) is 71.8 Å². The van der Waals surface area contributed by atoms with E-state index in [4.69, 9.17) is 9.47 Å². The first-order valence-corrected chi connectivity index (χ1v) is 9.84. The number of carbonyl (C=O) groups is 1. The number of ether oxygens (including phenoxy) is 2. The summed E-state index contributed by atoms with van der Waals surface area (Å²) in [5.41, 5.74) is 2.17. The molecule has 0 atom stereocenters. The van der Waals surface area contributed by atoms with E-state index < -0.39 is 0 Å². The predicted molar refractivity (Wildman–Crippen MR) is 118 cm³/mol. The first-order valence-electron chi connectivity index (χ1n) is 9.84. The molecule has 1 amide bonds. The molecule has 2 heterocycles. The monoisotopic (exact) mass is 418 g/mol. The summed E-state index contributed by atoms with van der Waals surface area (Å²) in [6.45, 7) is 2.23. The average Bonchev–Trinajstić information content (AvgIpc) is 3.22. The number of aromatic nitrogens is 3. The van der Waals surface area contributed by atoms with E-state index in [9.17, 15) is 9.59 Å². The van der Waals surface area contributed by atoms with E-state index >= 15 is 0 Å². The van der Waals surface area contributed by atoms with Gasteiger partial charge >= 0.3 is 0 Å². The highest BCUT2D eigenvalue weighted by Crippen LogP contribution is 2.24. The Kier molecular flexibility index (Phi) is 5.70. The van der Waals surface area contributed by atoms with Crippen LogP contribution in [0.2, 0.25) is 0 Å². The Labute approximate surface area is 178 Å². The van der Waals surface area contributed by atoms with E-state index in [0.29, 0.717) is 29.3 Å². The number of nitrogens with one attached hydrogen (secondary N) is 1. The number of amides is 1. The Hall–Kier alpha value is -4.07. The Balaban J connectivity index is 1.56. The van der Waals surface area contributed by atoms with Crippen LogP contribution in [0, 0.1) is 0 Å². The van der Waals surface area contributed by atoms with Crippen molar-refractivity contribution in [1.29, 1.82) is 0 Å². The number of para-hydroxylation sites is 2. The third kappa shape index (κ3) is 4.28. The van der Waals surface area contributed by atoms with Crippen molar-refractivity contribution < 1.29 is 14.3 Å². The molecule has 0 spiro atoms. The van der Waals surface area contributed by atoms with E-state index in [0.717, 1.165) is 11.3 Å². The maximum absolute atomic E-state index is 12.9. The molecule has 0 unspecified atom stereocenters. The number of rotatable bonds is 7. The Morgan fingerprint density at radius 1 is 1.10 bits per heavy atom. The lowest BCUT2D eigenvalue weighted by Crippen LogP contribution is -2.28. The van der Waals surface area contributed by atoms with Crippen LogP contribution in [0.3, 0.4) is 0 Å². The number of carbonyl (C=O) groups excluding carboxylic acids is 1. The van der Waals surface area contributed by atoms with Gasteiger partial charge in [0.05, 0.1) is 25.1 Å². The van der Waals surface area contributed by atoms with Crippen molar-refractivity contribution in [2.75, 3.05) is 19.0 Å². The Bertz CT molecular complexity index is 1270. The van der Waals surface area contributed by atoms with Crippen molar-refractivity contribution in [3.63, 3.8) is 0 Å². The zero-order valence-corrected chi connectivity index (χ0v) is 17.2. The van der Waals surface area contributed by atoms with E-state index in [1.54, 1.807) is 37.7 Å². The molecular formula is C23H22N4O4. The summed E-state index contributed by atoms with van der Waals surface area (Å²) < 4.78 is 13.6. The molecule has 0 aliphatic carbocycles. The maximum atomic E-state index is 12.9. The summed E-state index contributed by atoms with van der Waals surface area (Å²) in [4.78, 5) is 25.5. The zero-order valence-electron chi connectivity index (χ0n) is 17.2. The van der Waals surface area contributed by atoms with E-state index in [-0.39, 0.29) is 18.0 Å². The van der Waals surface area contributed by atoms with Gasteiger partial charge in [-0.2, -0.15) is 5.10 Å². The first-order chi connectivity index (χ1) is 15.1. The van der Waals surface area contributed by atoms with Crippen LogP contribution in [0.5, 0.6) is 11.5 Å². The van der Waals surface area contributed by atoms with Gasteiger partial charge in [-0.15, -0.1) is 0 Å². The quantitative estimate of drug-likeness (QED) is 0.498. The number of anilines is 1. The molecule has 8 nitrogen and oxygen atoms in total. The van der Waals surface area contributed by atoms with Gasteiger partial charge in [0.25, 0.3) is 5.56 Å². The fraction of sp³-hybridized carbons (Fsp3) is 0.174. The lowest BCUT2D eigenvalue weighted by Gasteiger charge is -2.12. The molecule has 0 saturated heterocycles. The molecule has 8 heteroatoms. The van der Waals surface area contributed by atoms with Gasteiger partial charge in [0.1, 0.15) is 23.6 Å². The van der Waals surface area contributed by atoms with Crippen LogP contribution >= 0.6 is 0 Å². The largest absolute Gasteiger partial charge is 0.497 e. The van der Waals surface area contributed by atoms with Gasteiger partial charge in [-0.25, -0.2) is 4.52 Å². The third-order valence-corrected chi connectivity index (χ3v) is 4.76. The highest BCUT2D eigenvalue weighted by atomic mass is 16.5. The maximum Gasteiger partial charge on any atom is 0.277 e. The van der Waals surface area contributed by atoms with Gasteiger partial charge in [0.2, 0.25) is 5.91 Å². The second-order valence-electron chi connectivity index (χ2n) is 6.80. The van der Waals surface area contributed by atoms with Crippen molar-refractivity contribution in [2.45, 2.75) is 13.5 Å². The van der Waals surface area contributed by atoms with Crippen LogP contribution in [-0.2, 0) is 11.3 Å². The smallest absolute Gasteiger partial charge is 0.277 e. The van der Waals surface area contributed by atoms with Crippen LogP contribution in [0.4, 0.5) is 5.69 Å². The summed E-state index contributed by atoms with van der Waals surface area (Å²) in [6.07, 6.45) is 3.21. The predicted octanol–water partition coefficient (Wildman–Crippen LogP) is 3.21. The molecule has 0 saturated carbocycles. The lowest BCUT2D eigenvalue weighted by molar-refractivity contribution is -0.116. The lowest BCUT2D eigenvalue weighted by atomic mass is 10.1. The number of fused-ring (bicyclic) bond motifs is 1. The van der Waals surface area contributed by atoms with Crippen molar-refractivity contribution in [2.24, 2.45) is 0 Å². The fourth-order valence-electron chi connectivity index (χ4n) is 3.25. The van der Waals surface area contributed by atoms with Gasteiger partial charge in [-0.1, -0.05) is 12.1 Å². The molecule has 4 aromatic rings. The summed E-state index contributed by atoms with van der Waals surface area (Å²) in [7, 11) is 1.61. The highest BCUT2D eigenvalue weighted by molar-refractivity contribution is 5.92. The van der Waals surface area contributed by atoms with Gasteiger partial charge in [-0.3, -0.25) is 9.59 Å². The van der Waals surface area contributed by atoms with Gasteiger partial charge < -0.3 is 19.4 Å². The molecule has 1 N–H and O–H groups in total. The summed E-state index contributed by atoms with van der Waals surface area (Å²) in [6, 6.07) is 16.3. The third-order valence-electron chi connectivity index (χ3n) is 4.76. The van der Waals surface area contributed by atoms with Crippen molar-refractivity contribution >= 4 is 17.1 Å². The van der Waals surface area contributed by atoms with Gasteiger partial charge in [0.15, 0.2) is 0 Å². The molecular weight excluding hydrogens is 396 g/mol. The molecule has 2 aromatic heterocycles.